The molecule has 0 aliphatic carbocycles. The van der Waals surface area contributed by atoms with Gasteiger partial charge in [0.1, 0.15) is 0 Å². The van der Waals surface area contributed by atoms with Gasteiger partial charge >= 0.3 is 0 Å². The van der Waals surface area contributed by atoms with Crippen LogP contribution in [-0.4, -0.2) is 23.2 Å². The number of hydrogen-bond acceptors (Lipinski definition) is 4. The monoisotopic (exact) mass is 327 g/mol. The summed E-state index contributed by atoms with van der Waals surface area (Å²) < 4.78 is 5.38. The number of nitrogens with one attached hydrogen (secondary N) is 1. The highest BCUT2D eigenvalue weighted by atomic mass is 35.5. The highest BCUT2D eigenvalue weighted by molar-refractivity contribution is 6.33. The lowest BCUT2D eigenvalue weighted by Gasteiger charge is -2.09. The average molecular weight is 328 g/mol. The van der Waals surface area contributed by atoms with Gasteiger partial charge < -0.3 is 9.84 Å². The van der Waals surface area contributed by atoms with Crippen LogP contribution in [-0.2, 0) is 6.42 Å². The van der Waals surface area contributed by atoms with Crippen LogP contribution in [0.15, 0.2) is 28.8 Å². The second-order valence-electron chi connectivity index (χ2n) is 5.24. The van der Waals surface area contributed by atoms with Crippen molar-refractivity contribution in [3.8, 4) is 11.4 Å². The molecule has 1 fully saturated rings. The first kappa shape index (κ1) is 16.3. The topological polar surface area (TPSA) is 51.0 Å². The standard InChI is InChI=1S/C15H18ClN3O.ClH/c16-13-6-2-1-5-12(13)15-18-14(20-19-15)10-11-4-3-8-17-9-7-11;/h1-2,5-6,11,17H,3-4,7-10H2;1H. The smallest absolute Gasteiger partial charge is 0.227 e. The molecule has 0 radical (unpaired) electrons. The van der Waals surface area contributed by atoms with Crippen LogP contribution in [0.3, 0.4) is 0 Å². The number of nitrogens with zero attached hydrogens (tertiary/aromatic N) is 2. The highest BCUT2D eigenvalue weighted by Gasteiger charge is 2.17. The Bertz CT molecular complexity index is 566. The van der Waals surface area contributed by atoms with Gasteiger partial charge in [-0.2, -0.15) is 4.98 Å². The maximum atomic E-state index is 6.15. The fraction of sp³-hybridized carbons (Fsp3) is 0.467. The molecule has 0 bridgehead atoms. The van der Waals surface area contributed by atoms with E-state index in [4.69, 9.17) is 16.1 Å². The molecule has 4 nitrogen and oxygen atoms in total. The zero-order valence-corrected chi connectivity index (χ0v) is 13.3. The summed E-state index contributed by atoms with van der Waals surface area (Å²) in [6, 6.07) is 7.57. The minimum absolute atomic E-state index is 0. The number of rotatable bonds is 3. The molecule has 2 heterocycles. The SMILES string of the molecule is Cl.Clc1ccccc1-c1noc(CC2CCCNCC2)n1. The van der Waals surface area contributed by atoms with Crippen LogP contribution in [0.5, 0.6) is 0 Å². The molecule has 0 amide bonds. The van der Waals surface area contributed by atoms with Crippen LogP contribution < -0.4 is 5.32 Å². The van der Waals surface area contributed by atoms with E-state index in [1.54, 1.807) is 0 Å². The number of benzene rings is 1. The lowest BCUT2D eigenvalue weighted by Crippen LogP contribution is -2.14. The average Bonchev–Trinajstić information content (AvgIpc) is 2.75. The summed E-state index contributed by atoms with van der Waals surface area (Å²) in [4.78, 5) is 4.48. The van der Waals surface area contributed by atoms with E-state index in [2.05, 4.69) is 15.5 Å². The molecule has 3 rings (SSSR count). The first-order chi connectivity index (χ1) is 9.83. The summed E-state index contributed by atoms with van der Waals surface area (Å²) in [6.45, 7) is 2.20. The third kappa shape index (κ3) is 4.19. The summed E-state index contributed by atoms with van der Waals surface area (Å²) in [5, 5.41) is 8.12. The molecular formula is C15H19Cl2N3O. The first-order valence-corrected chi connectivity index (χ1v) is 7.49. The van der Waals surface area contributed by atoms with E-state index in [9.17, 15) is 0 Å². The van der Waals surface area contributed by atoms with Crippen molar-refractivity contribution in [1.82, 2.24) is 15.5 Å². The second-order valence-corrected chi connectivity index (χ2v) is 5.65. The molecule has 1 aliphatic rings. The van der Waals surface area contributed by atoms with E-state index in [1.165, 1.54) is 19.3 Å². The Kier molecular flexibility index (Phi) is 6.03. The molecule has 0 spiro atoms. The fourth-order valence-corrected chi connectivity index (χ4v) is 2.85. The van der Waals surface area contributed by atoms with Crippen molar-refractivity contribution in [3.63, 3.8) is 0 Å². The molecule has 0 saturated carbocycles. The predicted molar refractivity (Wildman–Crippen MR) is 85.9 cm³/mol. The lowest BCUT2D eigenvalue weighted by molar-refractivity contribution is 0.341. The molecule has 1 atom stereocenters. The Morgan fingerprint density at radius 1 is 1.24 bits per heavy atom. The molecule has 1 aliphatic heterocycles. The largest absolute Gasteiger partial charge is 0.339 e. The van der Waals surface area contributed by atoms with Gasteiger partial charge in [-0.25, -0.2) is 0 Å². The molecule has 1 saturated heterocycles. The van der Waals surface area contributed by atoms with Gasteiger partial charge in [0.05, 0.1) is 5.02 Å². The molecule has 1 aromatic carbocycles. The van der Waals surface area contributed by atoms with Crippen LogP contribution in [0.4, 0.5) is 0 Å². The van der Waals surface area contributed by atoms with E-state index in [0.29, 0.717) is 22.7 Å². The molecule has 1 N–H and O–H groups in total. The summed E-state index contributed by atoms with van der Waals surface area (Å²) in [5.41, 5.74) is 0.826. The van der Waals surface area contributed by atoms with Crippen molar-refractivity contribution >= 4 is 24.0 Å². The van der Waals surface area contributed by atoms with Gasteiger partial charge in [0, 0.05) is 12.0 Å². The van der Waals surface area contributed by atoms with Crippen molar-refractivity contribution in [2.24, 2.45) is 5.92 Å². The van der Waals surface area contributed by atoms with Crippen LogP contribution in [0.25, 0.3) is 11.4 Å². The third-order valence-electron chi connectivity index (χ3n) is 3.74. The van der Waals surface area contributed by atoms with E-state index in [1.807, 2.05) is 24.3 Å². The maximum absolute atomic E-state index is 6.15. The van der Waals surface area contributed by atoms with Crippen LogP contribution in [0.2, 0.25) is 5.02 Å². The summed E-state index contributed by atoms with van der Waals surface area (Å²) >= 11 is 6.15. The molecule has 21 heavy (non-hydrogen) atoms. The van der Waals surface area contributed by atoms with Gasteiger partial charge in [0.15, 0.2) is 0 Å². The Morgan fingerprint density at radius 2 is 2.10 bits per heavy atom. The van der Waals surface area contributed by atoms with E-state index < -0.39 is 0 Å². The molecule has 6 heteroatoms. The first-order valence-electron chi connectivity index (χ1n) is 7.11. The Labute approximate surface area is 135 Å². The van der Waals surface area contributed by atoms with Crippen molar-refractivity contribution in [2.45, 2.75) is 25.7 Å². The quantitative estimate of drug-likeness (QED) is 0.932. The fourth-order valence-electron chi connectivity index (χ4n) is 2.63. The van der Waals surface area contributed by atoms with Gasteiger partial charge in [-0.3, -0.25) is 0 Å². The minimum atomic E-state index is 0. The van der Waals surface area contributed by atoms with Crippen LogP contribution in [0, 0.1) is 5.92 Å². The minimum Gasteiger partial charge on any atom is -0.339 e. The molecule has 1 unspecified atom stereocenters. The van der Waals surface area contributed by atoms with Gasteiger partial charge in [-0.1, -0.05) is 28.9 Å². The van der Waals surface area contributed by atoms with Crippen molar-refractivity contribution in [1.29, 1.82) is 0 Å². The normalized spacial score (nSPS) is 18.8. The summed E-state index contributed by atoms with van der Waals surface area (Å²) in [7, 11) is 0. The van der Waals surface area contributed by atoms with Gasteiger partial charge in [0.25, 0.3) is 0 Å². The zero-order valence-electron chi connectivity index (χ0n) is 11.7. The van der Waals surface area contributed by atoms with Crippen LogP contribution >= 0.6 is 24.0 Å². The second kappa shape index (κ2) is 7.78. The van der Waals surface area contributed by atoms with E-state index >= 15 is 0 Å². The van der Waals surface area contributed by atoms with Crippen molar-refractivity contribution in [3.05, 3.63) is 35.2 Å². The Hall–Kier alpha value is -1.10. The third-order valence-corrected chi connectivity index (χ3v) is 4.07. The van der Waals surface area contributed by atoms with Crippen molar-refractivity contribution < 1.29 is 4.52 Å². The lowest BCUT2D eigenvalue weighted by atomic mass is 9.97. The Balaban J connectivity index is 0.00000161. The molecule has 114 valence electrons. The summed E-state index contributed by atoms with van der Waals surface area (Å²) in [6.07, 6.45) is 4.47. The van der Waals surface area contributed by atoms with Gasteiger partial charge in [-0.05, 0) is 50.4 Å². The number of halogens is 2. The van der Waals surface area contributed by atoms with Gasteiger partial charge in [0.2, 0.25) is 11.7 Å². The summed E-state index contributed by atoms with van der Waals surface area (Å²) in [5.74, 6) is 1.92. The number of hydrogen-bond donors (Lipinski definition) is 1. The van der Waals surface area contributed by atoms with Crippen LogP contribution in [0.1, 0.15) is 25.2 Å². The molecular weight excluding hydrogens is 309 g/mol. The van der Waals surface area contributed by atoms with Gasteiger partial charge in [-0.15, -0.1) is 12.4 Å². The van der Waals surface area contributed by atoms with E-state index in [-0.39, 0.29) is 12.4 Å². The maximum Gasteiger partial charge on any atom is 0.227 e. The Morgan fingerprint density at radius 3 is 2.95 bits per heavy atom. The van der Waals surface area contributed by atoms with Crippen molar-refractivity contribution in [2.75, 3.05) is 13.1 Å². The molecule has 2 aromatic rings. The molecule has 1 aromatic heterocycles. The predicted octanol–water partition coefficient (Wildman–Crippen LogP) is 3.74. The highest BCUT2D eigenvalue weighted by Crippen LogP contribution is 2.26. The zero-order chi connectivity index (χ0) is 13.8. The number of aromatic nitrogens is 2. The van der Waals surface area contributed by atoms with E-state index in [0.717, 1.165) is 25.1 Å².